The molecule has 0 aromatic heterocycles. The molecule has 0 radical (unpaired) electrons. The maximum Gasteiger partial charge on any atom is 0.416 e. The highest BCUT2D eigenvalue weighted by atomic mass is 19.4. The fraction of sp³-hybridized carbons (Fsp3) is 0.125. The van der Waals surface area contributed by atoms with Gasteiger partial charge in [0.05, 0.1) is 29.8 Å². The van der Waals surface area contributed by atoms with Gasteiger partial charge >= 0.3 is 6.18 Å². The monoisotopic (exact) mass is 304 g/mol. The van der Waals surface area contributed by atoms with Crippen LogP contribution >= 0.6 is 0 Å². The summed E-state index contributed by atoms with van der Waals surface area (Å²) in [6.07, 6.45) is -4.39. The van der Waals surface area contributed by atoms with E-state index in [1.165, 1.54) is 6.07 Å². The first-order valence-corrected chi connectivity index (χ1v) is 6.43. The average molecular weight is 304 g/mol. The quantitative estimate of drug-likeness (QED) is 0.660. The molecule has 2 aromatic rings. The van der Waals surface area contributed by atoms with Crippen LogP contribution in [0.4, 0.5) is 18.9 Å². The summed E-state index contributed by atoms with van der Waals surface area (Å²) in [6.45, 7) is 0. The van der Waals surface area contributed by atoms with E-state index in [0.29, 0.717) is 22.6 Å². The van der Waals surface area contributed by atoms with Gasteiger partial charge < -0.3 is 0 Å². The Morgan fingerprint density at radius 2 is 1.86 bits per heavy atom. The Labute approximate surface area is 125 Å². The Morgan fingerprint density at radius 3 is 2.50 bits per heavy atom. The first kappa shape index (κ1) is 15.6. The molecule has 2 aromatic carbocycles. The number of nitrogens with zero attached hydrogens (tertiary/aromatic N) is 1. The summed E-state index contributed by atoms with van der Waals surface area (Å²) in [5.41, 5.74) is 0.732. The zero-order chi connectivity index (χ0) is 16.2. The molecule has 0 fully saturated rings. The van der Waals surface area contributed by atoms with Crippen LogP contribution < -0.4 is 10.3 Å². The minimum atomic E-state index is -4.39. The van der Waals surface area contributed by atoms with Crippen LogP contribution in [0.25, 0.3) is 0 Å². The molecule has 0 bridgehead atoms. The molecule has 0 aliphatic carbocycles. The third kappa shape index (κ3) is 3.64. The maximum absolute atomic E-state index is 12.8. The molecular formula is C16H13F3N3+. The van der Waals surface area contributed by atoms with Crippen molar-refractivity contribution in [2.75, 3.05) is 12.4 Å². The molecule has 22 heavy (non-hydrogen) atoms. The highest BCUT2D eigenvalue weighted by Crippen LogP contribution is 2.29. The number of halogens is 3. The van der Waals surface area contributed by atoms with Crippen LogP contribution in [0.15, 0.2) is 48.5 Å². The van der Waals surface area contributed by atoms with Crippen molar-refractivity contribution in [3.8, 4) is 6.07 Å². The summed E-state index contributed by atoms with van der Waals surface area (Å²) in [5.74, 6) is 0.418. The lowest BCUT2D eigenvalue weighted by Crippen LogP contribution is -2.70. The van der Waals surface area contributed by atoms with E-state index in [9.17, 15) is 13.2 Å². The predicted molar refractivity (Wildman–Crippen MR) is 77.2 cm³/mol. The van der Waals surface area contributed by atoms with E-state index < -0.39 is 11.7 Å². The normalized spacial score (nSPS) is 11.9. The molecule has 0 aliphatic heterocycles. The van der Waals surface area contributed by atoms with E-state index in [1.807, 2.05) is 6.07 Å². The first-order valence-electron chi connectivity index (χ1n) is 6.43. The Morgan fingerprint density at radius 1 is 1.14 bits per heavy atom. The van der Waals surface area contributed by atoms with Gasteiger partial charge in [-0.1, -0.05) is 12.1 Å². The zero-order valence-electron chi connectivity index (χ0n) is 11.7. The Hall–Kier alpha value is -2.81. The molecule has 112 valence electrons. The van der Waals surface area contributed by atoms with Gasteiger partial charge in [0.15, 0.2) is 0 Å². The van der Waals surface area contributed by atoms with Crippen molar-refractivity contribution in [3.05, 3.63) is 65.2 Å². The lowest BCUT2D eigenvalue weighted by molar-refractivity contribution is -0.419. The van der Waals surface area contributed by atoms with Crippen LogP contribution in [0.5, 0.6) is 0 Å². The first-order chi connectivity index (χ1) is 10.4. The lowest BCUT2D eigenvalue weighted by atomic mass is 10.1. The molecule has 6 heteroatoms. The summed E-state index contributed by atoms with van der Waals surface area (Å²) < 4.78 is 38.3. The Balaban J connectivity index is 2.32. The summed E-state index contributed by atoms with van der Waals surface area (Å²) in [4.78, 5) is 2.84. The average Bonchev–Trinajstić information content (AvgIpc) is 2.52. The smallest absolute Gasteiger partial charge is 0.277 e. The van der Waals surface area contributed by atoms with Crippen LogP contribution in [-0.2, 0) is 6.18 Å². The molecule has 0 heterocycles. The molecule has 3 nitrogen and oxygen atoms in total. The van der Waals surface area contributed by atoms with Gasteiger partial charge in [-0.3, -0.25) is 4.99 Å². The number of anilines is 1. The van der Waals surface area contributed by atoms with Gasteiger partial charge in [0, 0.05) is 6.07 Å². The molecule has 0 aliphatic rings. The number of nitrogens with one attached hydrogen (secondary N) is 2. The fourth-order valence-corrected chi connectivity index (χ4v) is 1.94. The number of rotatable bonds is 2. The van der Waals surface area contributed by atoms with Gasteiger partial charge in [-0.25, -0.2) is 5.32 Å². The molecular weight excluding hydrogens is 291 g/mol. The largest absolute Gasteiger partial charge is 0.416 e. The van der Waals surface area contributed by atoms with Crippen LogP contribution in [0.1, 0.15) is 16.7 Å². The van der Waals surface area contributed by atoms with Gasteiger partial charge in [0.1, 0.15) is 5.69 Å². The van der Waals surface area contributed by atoms with Gasteiger partial charge in [-0.15, -0.1) is 0 Å². The van der Waals surface area contributed by atoms with E-state index >= 15 is 0 Å². The number of hydrogen-bond acceptors (Lipinski definition) is 1. The van der Waals surface area contributed by atoms with E-state index in [0.717, 1.165) is 12.1 Å². The number of nitriles is 1. The molecule has 0 saturated carbocycles. The summed E-state index contributed by atoms with van der Waals surface area (Å²) in [7, 11) is 1.61. The molecule has 2 rings (SSSR count). The predicted octanol–water partition coefficient (Wildman–Crippen LogP) is 2.15. The van der Waals surface area contributed by atoms with Gasteiger partial charge in [-0.2, -0.15) is 18.4 Å². The Bertz CT molecular complexity index is 743. The molecule has 0 spiro atoms. The zero-order valence-corrected chi connectivity index (χ0v) is 11.7. The fourth-order valence-electron chi connectivity index (χ4n) is 1.94. The molecule has 0 saturated heterocycles. The SMILES string of the molecule is C[NH+]=C(Nc1cccc(C#N)c1)c1cccc(C(F)(F)F)c1. The second-order valence-electron chi connectivity index (χ2n) is 4.52. The van der Waals surface area contributed by atoms with Crippen molar-refractivity contribution in [3.63, 3.8) is 0 Å². The topological polar surface area (TPSA) is 49.8 Å². The third-order valence-electron chi connectivity index (χ3n) is 2.99. The van der Waals surface area contributed by atoms with Gasteiger partial charge in [-0.05, 0) is 30.3 Å². The third-order valence-corrected chi connectivity index (χ3v) is 2.99. The molecule has 0 amide bonds. The number of benzene rings is 2. The van der Waals surface area contributed by atoms with Gasteiger partial charge in [0.2, 0.25) is 0 Å². The number of hydrogen-bond donors (Lipinski definition) is 2. The Kier molecular flexibility index (Phi) is 4.47. The van der Waals surface area contributed by atoms with Crippen molar-refractivity contribution in [1.29, 1.82) is 5.26 Å². The summed E-state index contributed by atoms with van der Waals surface area (Å²) in [6, 6.07) is 13.7. The van der Waals surface area contributed by atoms with Crippen molar-refractivity contribution in [2.45, 2.75) is 6.18 Å². The minimum absolute atomic E-state index is 0.375. The highest BCUT2D eigenvalue weighted by molar-refractivity contribution is 6.04. The maximum atomic E-state index is 12.8. The summed E-state index contributed by atoms with van der Waals surface area (Å²) in [5, 5.41) is 11.9. The van der Waals surface area contributed by atoms with Crippen LogP contribution in [0.2, 0.25) is 0 Å². The van der Waals surface area contributed by atoms with Crippen LogP contribution in [0, 0.1) is 11.3 Å². The molecule has 0 unspecified atom stereocenters. The summed E-state index contributed by atoms with van der Waals surface area (Å²) >= 11 is 0. The highest BCUT2D eigenvalue weighted by Gasteiger charge is 2.31. The van der Waals surface area contributed by atoms with Crippen molar-refractivity contribution in [1.82, 2.24) is 0 Å². The minimum Gasteiger partial charge on any atom is -0.277 e. The number of amidine groups is 1. The van der Waals surface area contributed by atoms with Crippen molar-refractivity contribution < 1.29 is 18.2 Å². The second kappa shape index (κ2) is 6.31. The standard InChI is InChI=1S/C16H12F3N3/c1-21-15(22-14-7-2-4-11(8-14)10-20)12-5-3-6-13(9-12)16(17,18)19/h2-9H,1H3,(H,21,22)/p+1. The molecule has 2 N–H and O–H groups in total. The van der Waals surface area contributed by atoms with E-state index in [4.69, 9.17) is 5.26 Å². The van der Waals surface area contributed by atoms with E-state index in [2.05, 4.69) is 10.3 Å². The van der Waals surface area contributed by atoms with Crippen LogP contribution in [0.3, 0.4) is 0 Å². The number of alkyl halides is 3. The van der Waals surface area contributed by atoms with Crippen molar-refractivity contribution in [2.24, 2.45) is 0 Å². The van der Waals surface area contributed by atoms with Crippen LogP contribution in [-0.4, -0.2) is 12.9 Å². The van der Waals surface area contributed by atoms with Gasteiger partial charge in [0.25, 0.3) is 5.84 Å². The van der Waals surface area contributed by atoms with E-state index in [-0.39, 0.29) is 0 Å². The lowest BCUT2D eigenvalue weighted by Gasteiger charge is -2.08. The molecule has 0 atom stereocenters. The van der Waals surface area contributed by atoms with Crippen molar-refractivity contribution >= 4 is 11.5 Å². The second-order valence-corrected chi connectivity index (χ2v) is 4.52. The van der Waals surface area contributed by atoms with E-state index in [1.54, 1.807) is 37.4 Å².